The van der Waals surface area contributed by atoms with Gasteiger partial charge in [0, 0.05) is 14.5 Å². The Morgan fingerprint density at radius 2 is 0.513 bits per heavy atom. The summed E-state index contributed by atoms with van der Waals surface area (Å²) >= 11 is 9.25. The average molecular weight is 851 g/mol. The van der Waals surface area contributed by atoms with Crippen LogP contribution >= 0.6 is 67.2 Å². The summed E-state index contributed by atoms with van der Waals surface area (Å²) in [6.07, 6.45) is 38.1. The summed E-state index contributed by atoms with van der Waals surface area (Å²) in [6, 6.07) is 0. The van der Waals surface area contributed by atoms with Crippen LogP contribution in [0, 0.1) is 0 Å². The molecule has 0 heterocycles. The number of hydrogen-bond acceptors (Lipinski definition) is 0. The molecule has 7 heteroatoms. The van der Waals surface area contributed by atoms with E-state index < -0.39 is 20.9 Å². The van der Waals surface area contributed by atoms with Crippen molar-refractivity contribution >= 4 is 67.2 Å². The Morgan fingerprint density at radius 3 is 0.692 bits per heavy atom. The first kappa shape index (κ1) is 44.2. The van der Waals surface area contributed by atoms with Crippen LogP contribution in [0.5, 0.6) is 0 Å². The molecular formula is C32H70Br3ClCoP2. The van der Waals surface area contributed by atoms with Gasteiger partial charge in [-0.2, -0.15) is 0 Å². The Labute approximate surface area is 277 Å². The first-order chi connectivity index (χ1) is 18.6. The standard InChI is InChI=1S/C32H70P2.3BrH.ClH.Co/c1-7-13-25-33(26-14-8-2,27-15-9-3)31-23-21-19-20-22-24-32-34(28-16-10-4,29-17-11-5)30-18-12-6;;;;;/h7-32H2,1-6H3;4*1H;/q+2;;;;;+2/p-4. The number of hydrogen-bond donors (Lipinski definition) is 0. The number of unbranched alkanes of at least 4 members (excludes halogenated alkanes) is 11. The minimum absolute atomic E-state index is 0.657. The molecule has 0 rings (SSSR count). The molecule has 0 radical (unpaired) electrons. The van der Waals surface area contributed by atoms with E-state index in [1.807, 2.05) is 0 Å². The van der Waals surface area contributed by atoms with Gasteiger partial charge in [-0.3, -0.25) is 0 Å². The van der Waals surface area contributed by atoms with Crippen LogP contribution < -0.4 is 0 Å². The molecule has 0 aliphatic carbocycles. The molecule has 0 amide bonds. The van der Waals surface area contributed by atoms with E-state index in [2.05, 4.69) is 84.0 Å². The molecule has 0 nitrogen and oxygen atoms in total. The third-order valence-corrected chi connectivity index (χ3v) is 18.6. The molecule has 245 valence electrons. The van der Waals surface area contributed by atoms with Crippen molar-refractivity contribution in [1.82, 2.24) is 0 Å². The summed E-state index contributed by atoms with van der Waals surface area (Å²) in [7, 11) is 4.07. The van der Waals surface area contributed by atoms with E-state index >= 15 is 0 Å². The van der Waals surface area contributed by atoms with E-state index in [-0.39, 0.29) is 0 Å². The predicted octanol–water partition coefficient (Wildman–Crippen LogP) is 15.4. The summed E-state index contributed by atoms with van der Waals surface area (Å²) in [5.74, 6) is 0. The third kappa shape index (κ3) is 29.6. The molecule has 0 aromatic carbocycles. The van der Waals surface area contributed by atoms with Crippen LogP contribution in [-0.2, 0) is 6.35 Å². The van der Waals surface area contributed by atoms with Crippen molar-refractivity contribution in [2.75, 3.05) is 49.3 Å². The molecule has 0 atom stereocenters. The third-order valence-electron chi connectivity index (χ3n) is 8.43. The molecule has 0 N–H and O–H groups in total. The molecule has 0 aliphatic heterocycles. The Kier molecular flexibility index (Phi) is 33.8. The second-order valence-electron chi connectivity index (χ2n) is 12.0. The van der Waals surface area contributed by atoms with Gasteiger partial charge >= 0.3 is 59.0 Å². The number of halogens is 4. The molecule has 0 spiro atoms. The molecular weight excluding hydrogens is 780 g/mol. The topological polar surface area (TPSA) is 0 Å². The van der Waals surface area contributed by atoms with Gasteiger partial charge in [-0.05, 0) is 64.2 Å². The molecule has 0 aromatic heterocycles. The van der Waals surface area contributed by atoms with Gasteiger partial charge in [0.05, 0.1) is 49.3 Å². The van der Waals surface area contributed by atoms with Crippen LogP contribution in [0.1, 0.15) is 157 Å². The first-order valence-corrected chi connectivity index (χ1v) is 31.0. The molecule has 0 bridgehead atoms. The minimum atomic E-state index is -1.47. The molecule has 39 heavy (non-hydrogen) atoms. The molecule has 0 saturated heterocycles. The van der Waals surface area contributed by atoms with Crippen LogP contribution in [0.15, 0.2) is 0 Å². The van der Waals surface area contributed by atoms with Gasteiger partial charge in [0.2, 0.25) is 0 Å². The van der Waals surface area contributed by atoms with E-state index in [4.69, 9.17) is 10.1 Å². The maximum atomic E-state index is 5.39. The summed E-state index contributed by atoms with van der Waals surface area (Å²) in [5, 5.41) is 0. The summed E-state index contributed by atoms with van der Waals surface area (Å²) in [4.78, 5) is 0. The van der Waals surface area contributed by atoms with E-state index in [1.54, 1.807) is 62.1 Å². The maximum absolute atomic E-state index is 5.39. The normalized spacial score (nSPS) is 12.9. The Balaban J connectivity index is 0. The average Bonchev–Trinajstić information content (AvgIpc) is 2.90. The second kappa shape index (κ2) is 29.8. The summed E-state index contributed by atoms with van der Waals surface area (Å²) < 4.78 is 0. The Hall–Kier alpha value is 3.10. The van der Waals surface area contributed by atoms with Gasteiger partial charge in [0.15, 0.2) is 0 Å². The van der Waals surface area contributed by atoms with E-state index in [0.29, 0.717) is 0 Å². The molecule has 0 fully saturated rings. The van der Waals surface area contributed by atoms with Crippen LogP contribution in [0.4, 0.5) is 0 Å². The van der Waals surface area contributed by atoms with Gasteiger partial charge in [0.25, 0.3) is 0 Å². The van der Waals surface area contributed by atoms with Gasteiger partial charge in [0.1, 0.15) is 0 Å². The van der Waals surface area contributed by atoms with Crippen molar-refractivity contribution in [1.29, 1.82) is 0 Å². The Morgan fingerprint density at radius 1 is 0.359 bits per heavy atom. The molecule has 0 aromatic rings. The van der Waals surface area contributed by atoms with Crippen LogP contribution in [0.3, 0.4) is 0 Å². The van der Waals surface area contributed by atoms with E-state index in [0.717, 1.165) is 0 Å². The molecule has 0 unspecified atom stereocenters. The number of rotatable bonds is 27. The van der Waals surface area contributed by atoms with Crippen molar-refractivity contribution in [2.45, 2.75) is 157 Å². The van der Waals surface area contributed by atoms with Crippen LogP contribution in [0.2, 0.25) is 0 Å². The van der Waals surface area contributed by atoms with Gasteiger partial charge < -0.3 is 0 Å². The fraction of sp³-hybridized carbons (Fsp3) is 1.00. The van der Waals surface area contributed by atoms with Crippen molar-refractivity contribution in [2.24, 2.45) is 0 Å². The van der Waals surface area contributed by atoms with Crippen molar-refractivity contribution in [3.63, 3.8) is 0 Å². The second-order valence-corrected chi connectivity index (χ2v) is 45.7. The zero-order chi connectivity index (χ0) is 29.9. The zero-order valence-corrected chi connectivity index (χ0v) is 35.5. The monoisotopic (exact) mass is 847 g/mol. The van der Waals surface area contributed by atoms with Gasteiger partial charge in [-0.25, -0.2) is 0 Å². The van der Waals surface area contributed by atoms with Crippen molar-refractivity contribution in [3.8, 4) is 0 Å². The van der Waals surface area contributed by atoms with Crippen molar-refractivity contribution < 1.29 is 6.35 Å². The van der Waals surface area contributed by atoms with Crippen LogP contribution in [0.25, 0.3) is 0 Å². The molecule has 0 aliphatic rings. The fourth-order valence-corrected chi connectivity index (χ4v) is 16.3. The zero-order valence-electron chi connectivity index (χ0n) is 27.1. The van der Waals surface area contributed by atoms with Gasteiger partial charge in [-0.15, -0.1) is 0 Å². The SMILES string of the molecule is CCCC[P+](CCCC)(CCCC)CCCCCCCC[P+](CCCC)(CCCC)CCCC.[Cl][Co-2]([Br])([Br])[Br]. The summed E-state index contributed by atoms with van der Waals surface area (Å²) in [6.45, 7) is 14.4. The Bertz CT molecular complexity index is 419. The first-order valence-electron chi connectivity index (χ1n) is 16.8. The van der Waals surface area contributed by atoms with Gasteiger partial charge in [-0.1, -0.05) is 92.9 Å². The summed E-state index contributed by atoms with van der Waals surface area (Å²) in [5.41, 5.74) is 0. The van der Waals surface area contributed by atoms with Crippen LogP contribution in [-0.4, -0.2) is 49.3 Å². The van der Waals surface area contributed by atoms with E-state index in [9.17, 15) is 0 Å². The molecule has 0 saturated carbocycles. The van der Waals surface area contributed by atoms with E-state index in [1.165, 1.54) is 103 Å². The predicted molar refractivity (Wildman–Crippen MR) is 203 cm³/mol. The van der Waals surface area contributed by atoms with Crippen molar-refractivity contribution in [3.05, 3.63) is 0 Å². The fourth-order valence-electron chi connectivity index (χ4n) is 5.90. The quantitative estimate of drug-likeness (QED) is 0.0571.